The van der Waals surface area contributed by atoms with Crippen LogP contribution in [0.2, 0.25) is 5.02 Å². The number of likely N-dealkylation sites (N-methyl/N-ethyl adjacent to an activating group) is 1. The molecule has 3 rings (SSSR count). The second-order valence-corrected chi connectivity index (χ2v) is 7.83. The zero-order valence-corrected chi connectivity index (χ0v) is 17.9. The first-order chi connectivity index (χ1) is 13.9. The van der Waals surface area contributed by atoms with Crippen LogP contribution in [-0.4, -0.2) is 52.9 Å². The lowest BCUT2D eigenvalue weighted by molar-refractivity contribution is 0.102. The van der Waals surface area contributed by atoms with Crippen LogP contribution >= 0.6 is 22.9 Å². The predicted octanol–water partition coefficient (Wildman–Crippen LogP) is 3.86. The number of anilines is 4. The van der Waals surface area contributed by atoms with Gasteiger partial charge in [0.05, 0.1) is 10.7 Å². The maximum atomic E-state index is 12.5. The van der Waals surface area contributed by atoms with Crippen LogP contribution < -0.4 is 16.0 Å². The van der Waals surface area contributed by atoms with Gasteiger partial charge in [-0.1, -0.05) is 23.7 Å². The lowest BCUT2D eigenvalue weighted by Gasteiger charge is -2.11. The Balaban J connectivity index is 1.64. The fraction of sp³-hybridized carbons (Fsp3) is 0.263. The number of hydrogen-bond donors (Lipinski definition) is 3. The summed E-state index contributed by atoms with van der Waals surface area (Å²) in [6.07, 6.45) is 1.47. The molecule has 0 unspecified atom stereocenters. The van der Waals surface area contributed by atoms with Gasteiger partial charge in [0.2, 0.25) is 0 Å². The summed E-state index contributed by atoms with van der Waals surface area (Å²) in [5.74, 6) is 0.989. The quantitative estimate of drug-likeness (QED) is 0.498. The van der Waals surface area contributed by atoms with Gasteiger partial charge < -0.3 is 20.9 Å². The predicted molar refractivity (Wildman–Crippen MR) is 119 cm³/mol. The topological polar surface area (TPSA) is 95.1 Å². The number of nitrogens with zero attached hydrogens (tertiary/aromatic N) is 4. The molecule has 0 aliphatic heterocycles. The average Bonchev–Trinajstić information content (AvgIpc) is 3.13. The maximum Gasteiger partial charge on any atom is 0.275 e. The molecule has 2 aromatic heterocycles. The molecular weight excluding hydrogens is 410 g/mol. The van der Waals surface area contributed by atoms with E-state index in [-0.39, 0.29) is 5.91 Å². The maximum absolute atomic E-state index is 12.5. The van der Waals surface area contributed by atoms with Gasteiger partial charge in [0.15, 0.2) is 5.13 Å². The summed E-state index contributed by atoms with van der Waals surface area (Å²) in [6, 6.07) is 7.25. The van der Waals surface area contributed by atoms with Gasteiger partial charge in [-0.25, -0.2) is 15.0 Å². The third kappa shape index (κ3) is 5.86. The number of halogens is 1. The molecule has 0 spiro atoms. The van der Waals surface area contributed by atoms with E-state index in [1.807, 2.05) is 33.2 Å². The normalized spacial score (nSPS) is 10.8. The largest absolute Gasteiger partial charge is 0.369 e. The summed E-state index contributed by atoms with van der Waals surface area (Å²) in [5, 5.41) is 11.9. The number of hydrogen-bond acceptors (Lipinski definition) is 8. The van der Waals surface area contributed by atoms with E-state index in [1.54, 1.807) is 17.5 Å². The number of benzene rings is 1. The number of aryl methyl sites for hydroxylation is 1. The van der Waals surface area contributed by atoms with Crippen molar-refractivity contribution in [1.82, 2.24) is 19.9 Å². The molecule has 0 saturated heterocycles. The minimum absolute atomic E-state index is 0.301. The standard InChI is InChI=1S/C19H22ClN7OS/c1-12-5-4-6-13(20)17(12)26-18(28)14-10-29-19(24-14)25-16-9-15(22-11-23-16)21-7-8-27(2)3/h4-6,9-11H,7-8H2,1-3H3,(H,26,28)(H2,21,22,23,24,25). The molecule has 1 amide bonds. The van der Waals surface area contributed by atoms with Crippen molar-refractivity contribution in [1.29, 1.82) is 0 Å². The summed E-state index contributed by atoms with van der Waals surface area (Å²) in [5.41, 5.74) is 1.77. The van der Waals surface area contributed by atoms with E-state index in [0.717, 1.165) is 18.7 Å². The van der Waals surface area contributed by atoms with Crippen LogP contribution in [0, 0.1) is 6.92 Å². The van der Waals surface area contributed by atoms with E-state index in [4.69, 9.17) is 11.6 Å². The second kappa shape index (κ2) is 9.64. The summed E-state index contributed by atoms with van der Waals surface area (Å²) in [6.45, 7) is 3.55. The molecular formula is C19H22ClN7OS. The molecule has 152 valence electrons. The number of aromatic nitrogens is 3. The van der Waals surface area contributed by atoms with Crippen molar-refractivity contribution < 1.29 is 4.79 Å². The molecule has 0 atom stereocenters. The van der Waals surface area contributed by atoms with Gasteiger partial charge in [-0.2, -0.15) is 0 Å². The highest BCUT2D eigenvalue weighted by Crippen LogP contribution is 2.27. The number of thiazole rings is 1. The van der Waals surface area contributed by atoms with Crippen molar-refractivity contribution in [2.45, 2.75) is 6.92 Å². The number of rotatable bonds is 8. The summed E-state index contributed by atoms with van der Waals surface area (Å²) < 4.78 is 0. The van der Waals surface area contributed by atoms with Gasteiger partial charge in [-0.05, 0) is 32.6 Å². The monoisotopic (exact) mass is 431 g/mol. The first kappa shape index (κ1) is 21.0. The number of carbonyl (C=O) groups excluding carboxylic acids is 1. The minimum atomic E-state index is -0.320. The van der Waals surface area contributed by atoms with Gasteiger partial charge in [0.1, 0.15) is 23.7 Å². The van der Waals surface area contributed by atoms with Crippen molar-refractivity contribution in [3.63, 3.8) is 0 Å². The Kier molecular flexibility index (Phi) is 6.97. The van der Waals surface area contributed by atoms with Gasteiger partial charge in [-0.15, -0.1) is 11.3 Å². The van der Waals surface area contributed by atoms with Crippen molar-refractivity contribution in [2.75, 3.05) is 43.1 Å². The zero-order chi connectivity index (χ0) is 20.8. The fourth-order valence-electron chi connectivity index (χ4n) is 2.44. The Morgan fingerprint density at radius 3 is 2.79 bits per heavy atom. The van der Waals surface area contributed by atoms with Crippen LogP contribution in [0.3, 0.4) is 0 Å². The number of para-hydroxylation sites is 1. The molecule has 0 aliphatic carbocycles. The number of amides is 1. The summed E-state index contributed by atoms with van der Waals surface area (Å²) >= 11 is 7.49. The van der Waals surface area contributed by atoms with Gasteiger partial charge in [-0.3, -0.25) is 4.79 Å². The summed E-state index contributed by atoms with van der Waals surface area (Å²) in [4.78, 5) is 27.3. The molecule has 10 heteroatoms. The second-order valence-electron chi connectivity index (χ2n) is 6.57. The lowest BCUT2D eigenvalue weighted by atomic mass is 10.2. The zero-order valence-electron chi connectivity index (χ0n) is 16.4. The van der Waals surface area contributed by atoms with Crippen LogP contribution in [0.1, 0.15) is 16.1 Å². The first-order valence-electron chi connectivity index (χ1n) is 8.92. The molecule has 3 aromatic rings. The highest BCUT2D eigenvalue weighted by atomic mass is 35.5. The van der Waals surface area contributed by atoms with Crippen LogP contribution in [0.4, 0.5) is 22.5 Å². The van der Waals surface area contributed by atoms with Crippen molar-refractivity contribution in [2.24, 2.45) is 0 Å². The van der Waals surface area contributed by atoms with E-state index in [2.05, 4.69) is 35.8 Å². The average molecular weight is 432 g/mol. The molecule has 2 heterocycles. The molecule has 8 nitrogen and oxygen atoms in total. The third-order valence-corrected chi connectivity index (χ3v) is 5.04. The first-order valence-corrected chi connectivity index (χ1v) is 10.2. The fourth-order valence-corrected chi connectivity index (χ4v) is 3.41. The Morgan fingerprint density at radius 1 is 1.24 bits per heavy atom. The number of nitrogens with one attached hydrogen (secondary N) is 3. The van der Waals surface area contributed by atoms with E-state index in [0.29, 0.717) is 33.2 Å². The molecule has 0 saturated carbocycles. The molecule has 3 N–H and O–H groups in total. The Morgan fingerprint density at radius 2 is 2.03 bits per heavy atom. The van der Waals surface area contributed by atoms with Crippen LogP contribution in [0.25, 0.3) is 0 Å². The van der Waals surface area contributed by atoms with E-state index >= 15 is 0 Å². The van der Waals surface area contributed by atoms with Crippen molar-refractivity contribution >= 4 is 51.3 Å². The van der Waals surface area contributed by atoms with Gasteiger partial charge in [0, 0.05) is 24.5 Å². The van der Waals surface area contributed by atoms with E-state index in [9.17, 15) is 4.79 Å². The van der Waals surface area contributed by atoms with E-state index in [1.165, 1.54) is 17.7 Å². The van der Waals surface area contributed by atoms with Gasteiger partial charge >= 0.3 is 0 Å². The Labute approximate surface area is 178 Å². The molecule has 29 heavy (non-hydrogen) atoms. The Hall–Kier alpha value is -2.75. The minimum Gasteiger partial charge on any atom is -0.369 e. The molecule has 1 aromatic carbocycles. The number of carbonyl (C=O) groups is 1. The van der Waals surface area contributed by atoms with Crippen molar-refractivity contribution in [3.05, 3.63) is 52.3 Å². The van der Waals surface area contributed by atoms with Crippen molar-refractivity contribution in [3.8, 4) is 0 Å². The van der Waals surface area contributed by atoms with E-state index < -0.39 is 0 Å². The molecule has 0 aliphatic rings. The van der Waals surface area contributed by atoms with Gasteiger partial charge in [0.25, 0.3) is 5.91 Å². The van der Waals surface area contributed by atoms with Crippen LogP contribution in [0.5, 0.6) is 0 Å². The smallest absolute Gasteiger partial charge is 0.275 e. The Bertz CT molecular complexity index is 972. The molecule has 0 bridgehead atoms. The third-order valence-electron chi connectivity index (χ3n) is 3.96. The molecule has 0 radical (unpaired) electrons. The highest BCUT2D eigenvalue weighted by molar-refractivity contribution is 7.14. The van der Waals surface area contributed by atoms with Crippen LogP contribution in [0.15, 0.2) is 36.0 Å². The molecule has 0 fully saturated rings. The highest BCUT2D eigenvalue weighted by Gasteiger charge is 2.14. The summed E-state index contributed by atoms with van der Waals surface area (Å²) in [7, 11) is 4.02. The SMILES string of the molecule is Cc1cccc(Cl)c1NC(=O)c1csc(Nc2cc(NCCN(C)C)ncn2)n1. The lowest BCUT2D eigenvalue weighted by Crippen LogP contribution is -2.21. The van der Waals surface area contributed by atoms with Crippen LogP contribution in [-0.2, 0) is 0 Å².